The molecule has 7 heteroatoms. The Morgan fingerprint density at radius 2 is 1.93 bits per heavy atom. The Morgan fingerprint density at radius 1 is 1.18 bits per heavy atom. The smallest absolute Gasteiger partial charge is 0.270 e. The van der Waals surface area contributed by atoms with Crippen LogP contribution in [0, 0.1) is 0 Å². The van der Waals surface area contributed by atoms with Gasteiger partial charge in [-0.1, -0.05) is 39.0 Å². The molecule has 0 radical (unpaired) electrons. The molecule has 7 nitrogen and oxygen atoms in total. The number of carbonyl (C=O) groups is 1. The highest BCUT2D eigenvalue weighted by molar-refractivity contribution is 5.92. The number of rotatable bonds is 6. The quantitative estimate of drug-likeness (QED) is 0.798. The fourth-order valence-electron chi connectivity index (χ4n) is 3.15. The van der Waals surface area contributed by atoms with Gasteiger partial charge in [-0.3, -0.25) is 9.69 Å². The summed E-state index contributed by atoms with van der Waals surface area (Å²) in [7, 11) is 0. The van der Waals surface area contributed by atoms with Crippen LogP contribution >= 0.6 is 0 Å². The zero-order valence-corrected chi connectivity index (χ0v) is 16.9. The summed E-state index contributed by atoms with van der Waals surface area (Å²) in [6.07, 6.45) is 1.60. The van der Waals surface area contributed by atoms with Crippen LogP contribution in [0.25, 0.3) is 0 Å². The summed E-state index contributed by atoms with van der Waals surface area (Å²) < 4.78 is 5.33. The van der Waals surface area contributed by atoms with Gasteiger partial charge in [0.15, 0.2) is 0 Å². The number of carbonyl (C=O) groups excluding carboxylic acids is 1. The van der Waals surface area contributed by atoms with E-state index in [4.69, 9.17) is 4.74 Å². The number of nitrogens with one attached hydrogen (secondary N) is 2. The molecule has 0 saturated carbocycles. The second kappa shape index (κ2) is 9.12. The van der Waals surface area contributed by atoms with E-state index in [0.717, 1.165) is 38.5 Å². The molecule has 2 N–H and O–H groups in total. The third kappa shape index (κ3) is 5.50. The van der Waals surface area contributed by atoms with Crippen molar-refractivity contribution < 1.29 is 9.53 Å². The molecule has 1 aliphatic rings. The first kappa shape index (κ1) is 20.2. The highest BCUT2D eigenvalue weighted by Gasteiger charge is 2.18. The molecule has 1 saturated heterocycles. The molecule has 1 amide bonds. The summed E-state index contributed by atoms with van der Waals surface area (Å²) >= 11 is 0. The zero-order valence-electron chi connectivity index (χ0n) is 16.9. The number of morpholine rings is 1. The molecular formula is C21H29N5O2. The highest BCUT2D eigenvalue weighted by atomic mass is 16.5. The molecule has 2 heterocycles. The minimum atomic E-state index is -0.192. The van der Waals surface area contributed by atoms with Gasteiger partial charge in [-0.25, -0.2) is 9.97 Å². The fraction of sp³-hybridized carbons (Fsp3) is 0.476. The van der Waals surface area contributed by atoms with E-state index in [1.165, 1.54) is 5.56 Å². The minimum Gasteiger partial charge on any atom is -0.379 e. The lowest BCUT2D eigenvalue weighted by molar-refractivity contribution is 0.0383. The summed E-state index contributed by atoms with van der Waals surface area (Å²) in [5.74, 6) is 0.223. The van der Waals surface area contributed by atoms with E-state index in [0.29, 0.717) is 18.2 Å². The first-order chi connectivity index (χ1) is 13.4. The number of aromatic nitrogens is 2. The third-order valence-corrected chi connectivity index (χ3v) is 4.69. The summed E-state index contributed by atoms with van der Waals surface area (Å²) in [5, 5.41) is 6.19. The number of benzene rings is 1. The third-order valence-electron chi connectivity index (χ3n) is 4.69. The molecule has 0 unspecified atom stereocenters. The van der Waals surface area contributed by atoms with Gasteiger partial charge in [0.05, 0.1) is 13.2 Å². The second-order valence-electron chi connectivity index (χ2n) is 7.90. The van der Waals surface area contributed by atoms with Crippen LogP contribution in [0.2, 0.25) is 0 Å². The van der Waals surface area contributed by atoms with Crippen LogP contribution in [0.1, 0.15) is 36.8 Å². The Balaban J connectivity index is 1.62. The first-order valence-corrected chi connectivity index (χ1v) is 9.71. The van der Waals surface area contributed by atoms with Crippen molar-refractivity contribution >= 4 is 17.5 Å². The molecule has 0 atom stereocenters. The normalized spacial score (nSPS) is 15.2. The van der Waals surface area contributed by atoms with Crippen LogP contribution < -0.4 is 10.6 Å². The van der Waals surface area contributed by atoms with Crippen molar-refractivity contribution in [1.29, 1.82) is 0 Å². The van der Waals surface area contributed by atoms with Crippen molar-refractivity contribution in [2.45, 2.75) is 26.2 Å². The lowest BCUT2D eigenvalue weighted by atomic mass is 9.86. The molecule has 0 aliphatic carbocycles. The SMILES string of the molecule is CC(C)(C)c1ccccc1Nc1nccc(C(=O)NCCN2CCOCC2)n1. The van der Waals surface area contributed by atoms with Crippen molar-refractivity contribution in [2.75, 3.05) is 44.7 Å². The topological polar surface area (TPSA) is 79.4 Å². The molecule has 2 aromatic rings. The molecule has 1 aromatic heterocycles. The van der Waals surface area contributed by atoms with Gasteiger partial charge in [-0.05, 0) is 23.1 Å². The number of anilines is 2. The molecule has 0 spiro atoms. The standard InChI is InChI=1S/C21H29N5O2/c1-21(2,3)16-6-4-5-7-17(16)24-20-23-9-8-18(25-20)19(27)22-10-11-26-12-14-28-15-13-26/h4-9H,10-15H2,1-3H3,(H,22,27)(H,23,24,25). The molecule has 28 heavy (non-hydrogen) atoms. The number of hydrogen-bond acceptors (Lipinski definition) is 6. The van der Waals surface area contributed by atoms with Gasteiger partial charge in [0.1, 0.15) is 5.69 Å². The van der Waals surface area contributed by atoms with Crippen molar-refractivity contribution in [3.8, 4) is 0 Å². The van der Waals surface area contributed by atoms with Gasteiger partial charge in [0, 0.05) is 38.1 Å². The molecule has 0 bridgehead atoms. The van der Waals surface area contributed by atoms with Crippen molar-refractivity contribution in [3.05, 3.63) is 47.8 Å². The maximum absolute atomic E-state index is 12.4. The van der Waals surface area contributed by atoms with E-state index in [1.807, 2.05) is 18.2 Å². The Labute approximate surface area is 166 Å². The molecule has 3 rings (SSSR count). The largest absolute Gasteiger partial charge is 0.379 e. The Kier molecular flexibility index (Phi) is 6.59. The predicted octanol–water partition coefficient (Wildman–Crippen LogP) is 2.58. The molecule has 1 fully saturated rings. The first-order valence-electron chi connectivity index (χ1n) is 9.71. The summed E-state index contributed by atoms with van der Waals surface area (Å²) in [6, 6.07) is 9.71. The average Bonchev–Trinajstić information content (AvgIpc) is 2.68. The lowest BCUT2D eigenvalue weighted by Gasteiger charge is -2.26. The number of nitrogens with zero attached hydrogens (tertiary/aromatic N) is 3. The van der Waals surface area contributed by atoms with E-state index in [1.54, 1.807) is 12.3 Å². The molecular weight excluding hydrogens is 354 g/mol. The monoisotopic (exact) mass is 383 g/mol. The van der Waals surface area contributed by atoms with Gasteiger partial charge in [-0.15, -0.1) is 0 Å². The fourth-order valence-corrected chi connectivity index (χ4v) is 3.15. The van der Waals surface area contributed by atoms with Gasteiger partial charge in [0.25, 0.3) is 5.91 Å². The average molecular weight is 383 g/mol. The number of hydrogen-bond donors (Lipinski definition) is 2. The van der Waals surface area contributed by atoms with E-state index in [9.17, 15) is 4.79 Å². The van der Waals surface area contributed by atoms with Crippen molar-refractivity contribution in [2.24, 2.45) is 0 Å². The van der Waals surface area contributed by atoms with E-state index < -0.39 is 0 Å². The van der Waals surface area contributed by atoms with Crippen LogP contribution in [0.5, 0.6) is 0 Å². The lowest BCUT2D eigenvalue weighted by Crippen LogP contribution is -2.41. The Hall–Kier alpha value is -2.51. The number of para-hydroxylation sites is 1. The second-order valence-corrected chi connectivity index (χ2v) is 7.90. The number of ether oxygens (including phenoxy) is 1. The predicted molar refractivity (Wildman–Crippen MR) is 110 cm³/mol. The zero-order chi connectivity index (χ0) is 20.0. The minimum absolute atomic E-state index is 0.0158. The van der Waals surface area contributed by atoms with Gasteiger partial charge in [-0.2, -0.15) is 0 Å². The Bertz CT molecular complexity index is 797. The van der Waals surface area contributed by atoms with Crippen molar-refractivity contribution in [3.63, 3.8) is 0 Å². The van der Waals surface area contributed by atoms with Gasteiger partial charge >= 0.3 is 0 Å². The van der Waals surface area contributed by atoms with E-state index >= 15 is 0 Å². The van der Waals surface area contributed by atoms with E-state index in [-0.39, 0.29) is 11.3 Å². The van der Waals surface area contributed by atoms with Crippen LogP contribution in [0.4, 0.5) is 11.6 Å². The number of amides is 1. The highest BCUT2D eigenvalue weighted by Crippen LogP contribution is 2.30. The summed E-state index contributed by atoms with van der Waals surface area (Å²) in [6.45, 7) is 11.2. The van der Waals surface area contributed by atoms with Crippen LogP contribution in [0.15, 0.2) is 36.5 Å². The van der Waals surface area contributed by atoms with Crippen LogP contribution in [0.3, 0.4) is 0 Å². The Morgan fingerprint density at radius 3 is 2.68 bits per heavy atom. The summed E-state index contributed by atoms with van der Waals surface area (Å²) in [4.78, 5) is 23.4. The molecule has 1 aromatic carbocycles. The van der Waals surface area contributed by atoms with Crippen molar-refractivity contribution in [1.82, 2.24) is 20.2 Å². The molecule has 1 aliphatic heterocycles. The maximum Gasteiger partial charge on any atom is 0.270 e. The van der Waals surface area contributed by atoms with E-state index in [2.05, 4.69) is 52.3 Å². The summed E-state index contributed by atoms with van der Waals surface area (Å²) in [5.41, 5.74) is 2.45. The van der Waals surface area contributed by atoms with Crippen LogP contribution in [-0.2, 0) is 10.2 Å². The van der Waals surface area contributed by atoms with Gasteiger partial charge in [0.2, 0.25) is 5.95 Å². The van der Waals surface area contributed by atoms with Crippen LogP contribution in [-0.4, -0.2) is 60.2 Å². The maximum atomic E-state index is 12.4. The van der Waals surface area contributed by atoms with Gasteiger partial charge < -0.3 is 15.4 Å². The molecule has 150 valence electrons.